The van der Waals surface area contributed by atoms with Gasteiger partial charge in [-0.3, -0.25) is 34.0 Å². The minimum atomic E-state index is -1.35. The normalized spacial score (nSPS) is 26.9. The summed E-state index contributed by atoms with van der Waals surface area (Å²) in [4.78, 5) is 69.4. The number of anilines is 1. The highest BCUT2D eigenvalue weighted by molar-refractivity contribution is 5.87. The molecule has 164 valence electrons. The van der Waals surface area contributed by atoms with Gasteiger partial charge in [0.1, 0.15) is 6.10 Å². The van der Waals surface area contributed by atoms with E-state index >= 15 is 0 Å². The molecule has 4 heterocycles. The van der Waals surface area contributed by atoms with Crippen LogP contribution >= 0.6 is 0 Å². The molecule has 2 N–H and O–H groups in total. The van der Waals surface area contributed by atoms with Gasteiger partial charge in [-0.2, -0.15) is 4.98 Å². The molecule has 0 unspecified atom stereocenters. The summed E-state index contributed by atoms with van der Waals surface area (Å²) in [5.74, 6) is -2.83. The Balaban J connectivity index is 1.76. The minimum absolute atomic E-state index is 0.0185. The number of ether oxygens (including phenoxy) is 4. The number of carbonyl (C=O) groups is 4. The van der Waals surface area contributed by atoms with Gasteiger partial charge in [0.25, 0.3) is 5.56 Å². The summed E-state index contributed by atoms with van der Waals surface area (Å²) in [5, 5.41) is 2.36. The van der Waals surface area contributed by atoms with Crippen LogP contribution in [0.25, 0.3) is 11.2 Å². The zero-order valence-corrected chi connectivity index (χ0v) is 16.5. The van der Waals surface area contributed by atoms with E-state index in [-0.39, 0.29) is 17.1 Å². The van der Waals surface area contributed by atoms with E-state index in [1.807, 2.05) is 0 Å². The second-order valence-electron chi connectivity index (χ2n) is 6.92. The third-order valence-electron chi connectivity index (χ3n) is 4.60. The molecule has 14 heteroatoms. The van der Waals surface area contributed by atoms with Crippen molar-refractivity contribution in [3.63, 3.8) is 0 Å². The van der Waals surface area contributed by atoms with Gasteiger partial charge in [0.05, 0.1) is 6.33 Å². The Hall–Kier alpha value is -3.81. The summed E-state index contributed by atoms with van der Waals surface area (Å²) < 4.78 is 22.8. The summed E-state index contributed by atoms with van der Waals surface area (Å²) in [7, 11) is 0. The molecular weight excluding hydrogens is 418 g/mol. The van der Waals surface area contributed by atoms with Gasteiger partial charge in [-0.15, -0.1) is 0 Å². The Morgan fingerprint density at radius 1 is 1.13 bits per heavy atom. The fourth-order valence-electron chi connectivity index (χ4n) is 3.55. The van der Waals surface area contributed by atoms with Gasteiger partial charge in [0, 0.05) is 20.8 Å². The summed E-state index contributed by atoms with van der Waals surface area (Å²) in [6.07, 6.45) is -4.52. The highest BCUT2D eigenvalue weighted by Gasteiger charge is 2.61. The van der Waals surface area contributed by atoms with Crippen molar-refractivity contribution in [2.24, 2.45) is 0 Å². The number of nitrogens with zero attached hydrogens (tertiary/aromatic N) is 3. The van der Waals surface area contributed by atoms with E-state index in [0.29, 0.717) is 0 Å². The fraction of sp³-hybridized carbons (Fsp3) is 0.471. The van der Waals surface area contributed by atoms with Gasteiger partial charge >= 0.3 is 17.9 Å². The monoisotopic (exact) mass is 435 g/mol. The van der Waals surface area contributed by atoms with Gasteiger partial charge in [-0.25, -0.2) is 9.78 Å². The summed E-state index contributed by atoms with van der Waals surface area (Å²) in [6, 6.07) is 0. The molecule has 1 amide bonds. The molecule has 31 heavy (non-hydrogen) atoms. The topological polar surface area (TPSA) is 181 Å². The van der Waals surface area contributed by atoms with Crippen LogP contribution in [-0.4, -0.2) is 67.7 Å². The van der Waals surface area contributed by atoms with E-state index in [1.54, 1.807) is 0 Å². The van der Waals surface area contributed by atoms with Crippen LogP contribution in [-0.2, 0) is 38.1 Å². The van der Waals surface area contributed by atoms with Crippen molar-refractivity contribution in [1.29, 1.82) is 0 Å². The molecule has 2 aromatic rings. The first-order chi connectivity index (χ1) is 14.7. The number of esters is 3. The molecule has 0 radical (unpaired) electrons. The molecule has 0 aromatic carbocycles. The maximum atomic E-state index is 12.3. The smallest absolute Gasteiger partial charge is 0.350 e. The van der Waals surface area contributed by atoms with Crippen LogP contribution in [0.5, 0.6) is 0 Å². The fourth-order valence-corrected chi connectivity index (χ4v) is 3.55. The molecule has 5 atom stereocenters. The van der Waals surface area contributed by atoms with Gasteiger partial charge < -0.3 is 18.9 Å². The van der Waals surface area contributed by atoms with Crippen LogP contribution in [0.1, 0.15) is 27.0 Å². The van der Waals surface area contributed by atoms with Crippen molar-refractivity contribution in [3.8, 4) is 0 Å². The molecular formula is C17H17N5O9. The van der Waals surface area contributed by atoms with Crippen molar-refractivity contribution >= 4 is 40.9 Å². The molecule has 0 aliphatic carbocycles. The van der Waals surface area contributed by atoms with Gasteiger partial charge in [0.15, 0.2) is 29.6 Å². The molecule has 0 spiro atoms. The van der Waals surface area contributed by atoms with Crippen LogP contribution in [0.15, 0.2) is 11.1 Å². The number of hydrogen-bond acceptors (Lipinski definition) is 11. The lowest BCUT2D eigenvalue weighted by Crippen LogP contribution is -2.36. The molecule has 2 aromatic heterocycles. The Bertz CT molecular complexity index is 1150. The number of aromatic nitrogens is 4. The summed E-state index contributed by atoms with van der Waals surface area (Å²) in [6.45, 7) is 3.53. The third-order valence-corrected chi connectivity index (χ3v) is 4.60. The van der Waals surface area contributed by atoms with Crippen molar-refractivity contribution in [1.82, 2.24) is 19.5 Å². The van der Waals surface area contributed by atoms with Crippen molar-refractivity contribution in [2.75, 3.05) is 5.32 Å². The number of aromatic amines is 1. The number of carbonyl (C=O) groups excluding carboxylic acids is 4. The van der Waals surface area contributed by atoms with E-state index in [9.17, 15) is 24.0 Å². The van der Waals surface area contributed by atoms with Crippen LogP contribution in [0, 0.1) is 0 Å². The number of H-pyrrole nitrogens is 1. The van der Waals surface area contributed by atoms with Crippen LogP contribution < -0.4 is 10.9 Å². The van der Waals surface area contributed by atoms with E-state index in [4.69, 9.17) is 18.9 Å². The van der Waals surface area contributed by atoms with Crippen molar-refractivity contribution < 1.29 is 38.1 Å². The number of rotatable bonds is 4. The maximum absolute atomic E-state index is 12.3. The molecule has 4 rings (SSSR count). The van der Waals surface area contributed by atoms with E-state index in [0.717, 1.165) is 13.8 Å². The first-order valence-corrected chi connectivity index (χ1v) is 9.10. The molecule has 2 aliphatic heterocycles. The lowest BCUT2D eigenvalue weighted by Gasteiger charge is -2.22. The molecule has 2 fully saturated rings. The van der Waals surface area contributed by atoms with Crippen LogP contribution in [0.4, 0.5) is 5.95 Å². The average molecular weight is 435 g/mol. The average Bonchev–Trinajstić information content (AvgIpc) is 3.29. The predicted molar refractivity (Wildman–Crippen MR) is 97.4 cm³/mol. The highest BCUT2D eigenvalue weighted by Crippen LogP contribution is 2.41. The van der Waals surface area contributed by atoms with Crippen LogP contribution in [0.3, 0.4) is 0 Å². The minimum Gasteiger partial charge on any atom is -0.454 e. The standard InChI is InChI=1S/C17H17N5O9/c1-5(23)19-17-20-13-8(14(26)21-17)18-4-22(13)15-11(28-6(2)24)9-10(30-15)12(16(27)31-9)29-7(3)25/h4,9-12,15H,1-3H3,(H2,19,20,21,23,26)/t9-,10+,11-,12-,15+/m0/s1. The summed E-state index contributed by atoms with van der Waals surface area (Å²) >= 11 is 0. The van der Waals surface area contributed by atoms with E-state index in [2.05, 4.69) is 20.3 Å². The number of hydrogen-bond donors (Lipinski definition) is 2. The van der Waals surface area contributed by atoms with Gasteiger partial charge in [-0.1, -0.05) is 0 Å². The third kappa shape index (κ3) is 3.61. The largest absolute Gasteiger partial charge is 0.454 e. The highest BCUT2D eigenvalue weighted by atomic mass is 16.7. The quantitative estimate of drug-likeness (QED) is 0.433. The number of nitrogens with one attached hydrogen (secondary N) is 2. The van der Waals surface area contributed by atoms with Gasteiger partial charge in [-0.05, 0) is 0 Å². The Morgan fingerprint density at radius 2 is 1.84 bits per heavy atom. The second-order valence-corrected chi connectivity index (χ2v) is 6.92. The van der Waals surface area contributed by atoms with E-state index < -0.39 is 60.0 Å². The van der Waals surface area contributed by atoms with Crippen molar-refractivity contribution in [3.05, 3.63) is 16.7 Å². The number of imidazole rings is 1. The Labute approximate surface area is 172 Å². The Kier molecular flexibility index (Phi) is 4.93. The zero-order valence-electron chi connectivity index (χ0n) is 16.5. The first-order valence-electron chi connectivity index (χ1n) is 9.10. The maximum Gasteiger partial charge on any atom is 0.350 e. The second kappa shape index (κ2) is 7.46. The number of amides is 1. The van der Waals surface area contributed by atoms with E-state index in [1.165, 1.54) is 17.8 Å². The number of fused-ring (bicyclic) bond motifs is 2. The Morgan fingerprint density at radius 3 is 2.48 bits per heavy atom. The van der Waals surface area contributed by atoms with Crippen LogP contribution in [0.2, 0.25) is 0 Å². The molecule has 14 nitrogen and oxygen atoms in total. The predicted octanol–water partition coefficient (Wildman–Crippen LogP) is -1.24. The molecule has 2 saturated heterocycles. The van der Waals surface area contributed by atoms with Gasteiger partial charge in [0.2, 0.25) is 18.0 Å². The SMILES string of the molecule is CC(=O)Nc1nc2c(ncn2[C@@H]2O[C@@H]3[C@H](OC(=O)[C@H]3OC(C)=O)[C@@H]2OC(C)=O)c(=O)[nH]1. The van der Waals surface area contributed by atoms with Crippen molar-refractivity contribution in [2.45, 2.75) is 51.4 Å². The zero-order chi connectivity index (χ0) is 22.4. The molecule has 0 bridgehead atoms. The lowest BCUT2D eigenvalue weighted by atomic mass is 10.1. The lowest BCUT2D eigenvalue weighted by molar-refractivity contribution is -0.174. The summed E-state index contributed by atoms with van der Waals surface area (Å²) in [5.41, 5.74) is -0.672. The molecule has 0 saturated carbocycles. The first kappa shape index (κ1) is 20.5. The molecule has 2 aliphatic rings.